The van der Waals surface area contributed by atoms with Gasteiger partial charge in [-0.3, -0.25) is 0 Å². The second kappa shape index (κ2) is 8.06. The number of fused-ring (bicyclic) bond motifs is 1. The van der Waals surface area contributed by atoms with Crippen LogP contribution >= 0.6 is 11.3 Å². The van der Waals surface area contributed by atoms with E-state index in [-0.39, 0.29) is 0 Å². The SMILES string of the molecule is CC(C)CCCCCCNC1CCCc2sccc21. The molecule has 0 spiro atoms. The van der Waals surface area contributed by atoms with Gasteiger partial charge < -0.3 is 5.32 Å². The van der Waals surface area contributed by atoms with Crippen molar-refractivity contribution in [2.75, 3.05) is 6.54 Å². The van der Waals surface area contributed by atoms with Gasteiger partial charge in [-0.15, -0.1) is 11.3 Å². The average molecular weight is 279 g/mol. The first-order valence-electron chi connectivity index (χ1n) is 8.07. The molecule has 0 fully saturated rings. The van der Waals surface area contributed by atoms with E-state index < -0.39 is 0 Å². The molecule has 0 saturated carbocycles. The van der Waals surface area contributed by atoms with E-state index >= 15 is 0 Å². The summed E-state index contributed by atoms with van der Waals surface area (Å²) in [4.78, 5) is 1.63. The molecule has 0 bridgehead atoms. The van der Waals surface area contributed by atoms with Crippen molar-refractivity contribution >= 4 is 11.3 Å². The van der Waals surface area contributed by atoms with Gasteiger partial charge in [0.2, 0.25) is 0 Å². The molecule has 2 rings (SSSR count). The third-order valence-corrected chi connectivity index (χ3v) is 5.15. The molecule has 1 nitrogen and oxygen atoms in total. The summed E-state index contributed by atoms with van der Waals surface area (Å²) in [6.07, 6.45) is 11.0. The van der Waals surface area contributed by atoms with Crippen molar-refractivity contribution in [3.8, 4) is 0 Å². The van der Waals surface area contributed by atoms with Gasteiger partial charge in [0.05, 0.1) is 0 Å². The summed E-state index contributed by atoms with van der Waals surface area (Å²) in [6.45, 7) is 5.84. The number of hydrogen-bond acceptors (Lipinski definition) is 2. The molecule has 1 atom stereocenters. The van der Waals surface area contributed by atoms with Crippen molar-refractivity contribution < 1.29 is 0 Å². The summed E-state index contributed by atoms with van der Waals surface area (Å²) < 4.78 is 0. The van der Waals surface area contributed by atoms with Crippen molar-refractivity contribution in [2.45, 2.75) is 71.3 Å². The van der Waals surface area contributed by atoms with E-state index in [4.69, 9.17) is 0 Å². The van der Waals surface area contributed by atoms with Gasteiger partial charge in [-0.2, -0.15) is 0 Å². The largest absolute Gasteiger partial charge is 0.310 e. The molecular weight excluding hydrogens is 250 g/mol. The van der Waals surface area contributed by atoms with Gasteiger partial charge in [0.25, 0.3) is 0 Å². The molecule has 0 saturated heterocycles. The molecule has 2 heteroatoms. The van der Waals surface area contributed by atoms with Crippen LogP contribution in [0, 0.1) is 5.92 Å². The van der Waals surface area contributed by atoms with Gasteiger partial charge in [0.1, 0.15) is 0 Å². The zero-order chi connectivity index (χ0) is 13.5. The highest BCUT2D eigenvalue weighted by atomic mass is 32.1. The Morgan fingerprint density at radius 1 is 1.26 bits per heavy atom. The molecule has 1 aliphatic carbocycles. The van der Waals surface area contributed by atoms with Gasteiger partial charge in [-0.25, -0.2) is 0 Å². The number of aryl methyl sites for hydroxylation is 1. The van der Waals surface area contributed by atoms with Crippen molar-refractivity contribution in [2.24, 2.45) is 5.92 Å². The van der Waals surface area contributed by atoms with Crippen LogP contribution < -0.4 is 5.32 Å². The number of rotatable bonds is 8. The van der Waals surface area contributed by atoms with E-state index in [0.717, 1.165) is 5.92 Å². The van der Waals surface area contributed by atoms with Crippen LogP contribution in [0.2, 0.25) is 0 Å². The highest BCUT2D eigenvalue weighted by Gasteiger charge is 2.19. The molecule has 1 aliphatic rings. The summed E-state index contributed by atoms with van der Waals surface area (Å²) in [7, 11) is 0. The Kier molecular flexibility index (Phi) is 6.39. The van der Waals surface area contributed by atoms with Crippen molar-refractivity contribution in [1.29, 1.82) is 0 Å². The van der Waals surface area contributed by atoms with Crippen LogP contribution in [-0.2, 0) is 6.42 Å². The number of thiophene rings is 1. The quantitative estimate of drug-likeness (QED) is 0.635. The summed E-state index contributed by atoms with van der Waals surface area (Å²) in [5, 5.41) is 6.03. The van der Waals surface area contributed by atoms with Crippen molar-refractivity contribution in [1.82, 2.24) is 5.32 Å². The fraction of sp³-hybridized carbons (Fsp3) is 0.765. The zero-order valence-electron chi connectivity index (χ0n) is 12.6. The van der Waals surface area contributed by atoms with Gasteiger partial charge in [0, 0.05) is 10.9 Å². The molecule has 0 aliphatic heterocycles. The molecule has 0 radical (unpaired) electrons. The lowest BCUT2D eigenvalue weighted by molar-refractivity contribution is 0.447. The lowest BCUT2D eigenvalue weighted by atomic mass is 9.94. The lowest BCUT2D eigenvalue weighted by Crippen LogP contribution is -2.25. The van der Waals surface area contributed by atoms with Crippen LogP contribution in [0.15, 0.2) is 11.4 Å². The fourth-order valence-corrected chi connectivity index (χ4v) is 3.99. The maximum absolute atomic E-state index is 3.77. The summed E-state index contributed by atoms with van der Waals surface area (Å²) in [5.74, 6) is 0.873. The molecule has 1 aromatic heterocycles. The van der Waals surface area contributed by atoms with Crippen LogP contribution in [0.1, 0.15) is 75.3 Å². The van der Waals surface area contributed by atoms with Gasteiger partial charge in [-0.05, 0) is 55.2 Å². The smallest absolute Gasteiger partial charge is 0.0331 e. The van der Waals surface area contributed by atoms with Crippen molar-refractivity contribution in [3.05, 3.63) is 21.9 Å². The predicted molar refractivity (Wildman–Crippen MR) is 85.9 cm³/mol. The minimum Gasteiger partial charge on any atom is -0.310 e. The lowest BCUT2D eigenvalue weighted by Gasteiger charge is -2.23. The zero-order valence-corrected chi connectivity index (χ0v) is 13.4. The minimum absolute atomic E-state index is 0.644. The Labute approximate surface area is 122 Å². The Bertz CT molecular complexity index is 356. The molecule has 19 heavy (non-hydrogen) atoms. The molecule has 0 amide bonds. The highest BCUT2D eigenvalue weighted by Crippen LogP contribution is 2.33. The highest BCUT2D eigenvalue weighted by molar-refractivity contribution is 7.10. The third kappa shape index (κ3) is 4.92. The first kappa shape index (κ1) is 15.1. The van der Waals surface area contributed by atoms with Gasteiger partial charge >= 0.3 is 0 Å². The topological polar surface area (TPSA) is 12.0 Å². The standard InChI is InChI=1S/C17H29NS/c1-14(2)8-5-3-4-6-12-18-16-9-7-10-17-15(16)11-13-19-17/h11,13-14,16,18H,3-10,12H2,1-2H3. The van der Waals surface area contributed by atoms with Crippen molar-refractivity contribution in [3.63, 3.8) is 0 Å². The summed E-state index contributed by atoms with van der Waals surface area (Å²) >= 11 is 1.94. The molecule has 0 aromatic carbocycles. The predicted octanol–water partition coefficient (Wildman–Crippen LogP) is 5.32. The van der Waals surface area contributed by atoms with E-state index in [2.05, 4.69) is 30.6 Å². The van der Waals surface area contributed by atoms with Crippen LogP contribution in [0.3, 0.4) is 0 Å². The average Bonchev–Trinajstić information content (AvgIpc) is 2.86. The first-order chi connectivity index (χ1) is 9.27. The Balaban J connectivity index is 1.57. The number of hydrogen-bond donors (Lipinski definition) is 1. The molecule has 108 valence electrons. The van der Waals surface area contributed by atoms with E-state index in [0.29, 0.717) is 6.04 Å². The third-order valence-electron chi connectivity index (χ3n) is 4.15. The minimum atomic E-state index is 0.644. The maximum atomic E-state index is 3.77. The Morgan fingerprint density at radius 3 is 2.95 bits per heavy atom. The van der Waals surface area contributed by atoms with Crippen LogP contribution in [0.25, 0.3) is 0 Å². The first-order valence-corrected chi connectivity index (χ1v) is 8.95. The van der Waals surface area contributed by atoms with Gasteiger partial charge in [-0.1, -0.05) is 39.5 Å². The normalized spacial score (nSPS) is 18.8. The van der Waals surface area contributed by atoms with Crippen LogP contribution in [0.4, 0.5) is 0 Å². The molecule has 1 N–H and O–H groups in total. The van der Waals surface area contributed by atoms with Crippen LogP contribution in [0.5, 0.6) is 0 Å². The van der Waals surface area contributed by atoms with E-state index in [9.17, 15) is 0 Å². The molecule has 1 heterocycles. The fourth-order valence-electron chi connectivity index (χ4n) is 3.01. The van der Waals surface area contributed by atoms with E-state index in [1.54, 1.807) is 10.4 Å². The Morgan fingerprint density at radius 2 is 2.11 bits per heavy atom. The molecule has 1 unspecified atom stereocenters. The molecular formula is C17H29NS. The Hall–Kier alpha value is -0.340. The molecule has 1 aromatic rings. The maximum Gasteiger partial charge on any atom is 0.0331 e. The van der Waals surface area contributed by atoms with E-state index in [1.807, 2.05) is 11.3 Å². The second-order valence-electron chi connectivity index (χ2n) is 6.29. The van der Waals surface area contributed by atoms with E-state index in [1.165, 1.54) is 57.9 Å². The number of unbranched alkanes of at least 4 members (excludes halogenated alkanes) is 3. The summed E-state index contributed by atoms with van der Waals surface area (Å²) in [5.41, 5.74) is 1.59. The van der Waals surface area contributed by atoms with Crippen LogP contribution in [-0.4, -0.2) is 6.54 Å². The van der Waals surface area contributed by atoms with Gasteiger partial charge in [0.15, 0.2) is 0 Å². The second-order valence-corrected chi connectivity index (χ2v) is 7.30. The monoisotopic (exact) mass is 279 g/mol. The summed E-state index contributed by atoms with van der Waals surface area (Å²) in [6, 6.07) is 2.98. The number of nitrogens with one attached hydrogen (secondary N) is 1.